The lowest BCUT2D eigenvalue weighted by Crippen LogP contribution is -2.15. The van der Waals surface area contributed by atoms with E-state index in [0.29, 0.717) is 11.3 Å². The van der Waals surface area contributed by atoms with E-state index in [0.717, 1.165) is 0 Å². The zero-order valence-electron chi connectivity index (χ0n) is 9.73. The third-order valence-corrected chi connectivity index (χ3v) is 2.82. The quantitative estimate of drug-likeness (QED) is 0.908. The first-order chi connectivity index (χ1) is 9.13. The number of amides is 1. The Kier molecular flexibility index (Phi) is 4.09. The zero-order chi connectivity index (χ0) is 13.8. The number of pyridine rings is 1. The van der Waals surface area contributed by atoms with Crippen LogP contribution in [-0.2, 0) is 6.61 Å². The monoisotopic (exact) mass is 280 g/mol. The largest absolute Gasteiger partial charge is 0.392 e. The van der Waals surface area contributed by atoms with Gasteiger partial charge in [0, 0.05) is 11.8 Å². The molecule has 0 radical (unpaired) electrons. The van der Waals surface area contributed by atoms with E-state index in [-0.39, 0.29) is 17.2 Å². The van der Waals surface area contributed by atoms with Crippen LogP contribution in [0.2, 0.25) is 5.02 Å². The van der Waals surface area contributed by atoms with Crippen LogP contribution in [0, 0.1) is 5.82 Å². The fraction of sp³-hybridized carbons (Fsp3) is 0.0769. The Morgan fingerprint density at radius 1 is 1.42 bits per heavy atom. The second kappa shape index (κ2) is 5.77. The molecule has 0 bridgehead atoms. The molecule has 1 amide bonds. The normalized spacial score (nSPS) is 10.3. The minimum Gasteiger partial charge on any atom is -0.392 e. The van der Waals surface area contributed by atoms with E-state index in [9.17, 15) is 9.18 Å². The van der Waals surface area contributed by atoms with Gasteiger partial charge in [-0.15, -0.1) is 0 Å². The summed E-state index contributed by atoms with van der Waals surface area (Å²) in [4.78, 5) is 15.8. The summed E-state index contributed by atoms with van der Waals surface area (Å²) in [5.41, 5.74) is 0.653. The van der Waals surface area contributed by atoms with Gasteiger partial charge in [0.1, 0.15) is 0 Å². The van der Waals surface area contributed by atoms with Gasteiger partial charge in [0.05, 0.1) is 29.1 Å². The number of aliphatic hydroxyl groups is 1. The van der Waals surface area contributed by atoms with Crippen molar-refractivity contribution >= 4 is 23.2 Å². The summed E-state index contributed by atoms with van der Waals surface area (Å²) < 4.78 is 13.7. The Morgan fingerprint density at radius 3 is 2.95 bits per heavy atom. The van der Waals surface area contributed by atoms with E-state index >= 15 is 0 Å². The van der Waals surface area contributed by atoms with Gasteiger partial charge in [0.25, 0.3) is 5.91 Å². The molecule has 0 atom stereocenters. The number of halogens is 2. The molecular weight excluding hydrogens is 271 g/mol. The van der Waals surface area contributed by atoms with Crippen LogP contribution in [-0.4, -0.2) is 16.0 Å². The van der Waals surface area contributed by atoms with Crippen LogP contribution in [0.3, 0.4) is 0 Å². The molecule has 0 spiro atoms. The number of nitrogens with one attached hydrogen (secondary N) is 1. The van der Waals surface area contributed by atoms with Crippen molar-refractivity contribution in [3.8, 4) is 0 Å². The Balaban J connectivity index is 2.28. The highest BCUT2D eigenvalue weighted by molar-refractivity contribution is 6.31. The number of carbonyl (C=O) groups excluding carboxylic acids is 1. The smallest absolute Gasteiger partial charge is 0.258 e. The van der Waals surface area contributed by atoms with Crippen molar-refractivity contribution in [3.63, 3.8) is 0 Å². The third kappa shape index (κ3) is 2.89. The average molecular weight is 281 g/mol. The summed E-state index contributed by atoms with van der Waals surface area (Å²) in [5.74, 6) is -1.43. The molecule has 0 saturated heterocycles. The molecule has 0 aliphatic carbocycles. The molecule has 2 aromatic rings. The molecule has 4 nitrogen and oxygen atoms in total. The maximum Gasteiger partial charge on any atom is 0.258 e. The molecule has 1 heterocycles. The molecule has 1 aromatic carbocycles. The van der Waals surface area contributed by atoms with E-state index in [4.69, 9.17) is 16.7 Å². The summed E-state index contributed by atoms with van der Waals surface area (Å²) in [6.45, 7) is -0.254. The maximum absolute atomic E-state index is 13.7. The van der Waals surface area contributed by atoms with E-state index in [2.05, 4.69) is 10.3 Å². The van der Waals surface area contributed by atoms with Crippen molar-refractivity contribution in [2.45, 2.75) is 6.61 Å². The number of nitrogens with zero attached hydrogens (tertiary/aromatic N) is 1. The van der Waals surface area contributed by atoms with Crippen LogP contribution in [0.1, 0.15) is 15.9 Å². The number of rotatable bonds is 3. The number of anilines is 1. The van der Waals surface area contributed by atoms with Crippen LogP contribution in [0.25, 0.3) is 0 Å². The van der Waals surface area contributed by atoms with Crippen LogP contribution in [0.4, 0.5) is 10.1 Å². The summed E-state index contributed by atoms with van der Waals surface area (Å²) in [5, 5.41) is 11.5. The Labute approximate surface area is 113 Å². The molecule has 0 aliphatic heterocycles. The molecule has 0 fully saturated rings. The average Bonchev–Trinajstić information content (AvgIpc) is 2.42. The first kappa shape index (κ1) is 13.5. The first-order valence-corrected chi connectivity index (χ1v) is 5.80. The third-order valence-electron chi connectivity index (χ3n) is 2.53. The van der Waals surface area contributed by atoms with Crippen molar-refractivity contribution in [2.75, 3.05) is 5.32 Å². The van der Waals surface area contributed by atoms with E-state index < -0.39 is 11.7 Å². The summed E-state index contributed by atoms with van der Waals surface area (Å²) in [6.07, 6.45) is 2.87. The Bertz CT molecular complexity index is 619. The van der Waals surface area contributed by atoms with Crippen molar-refractivity contribution < 1.29 is 14.3 Å². The fourth-order valence-corrected chi connectivity index (χ4v) is 1.72. The highest BCUT2D eigenvalue weighted by Gasteiger charge is 2.15. The standard InChI is InChI=1S/C13H10ClFN2O2/c14-10-3-1-2-9(12(10)15)13(19)17-11-6-16-5-4-8(11)7-18/h1-6,18H,7H2,(H,17,19). The predicted molar refractivity (Wildman–Crippen MR) is 69.5 cm³/mol. The Hall–Kier alpha value is -1.98. The number of aromatic nitrogens is 1. The summed E-state index contributed by atoms with van der Waals surface area (Å²) in [6, 6.07) is 5.73. The summed E-state index contributed by atoms with van der Waals surface area (Å²) in [7, 11) is 0. The first-order valence-electron chi connectivity index (χ1n) is 5.42. The zero-order valence-corrected chi connectivity index (χ0v) is 10.5. The number of carbonyl (C=O) groups is 1. The van der Waals surface area contributed by atoms with E-state index in [1.807, 2.05) is 0 Å². The van der Waals surface area contributed by atoms with Gasteiger partial charge in [0.15, 0.2) is 5.82 Å². The van der Waals surface area contributed by atoms with Gasteiger partial charge in [-0.1, -0.05) is 17.7 Å². The van der Waals surface area contributed by atoms with Gasteiger partial charge in [0.2, 0.25) is 0 Å². The van der Waals surface area contributed by atoms with E-state index in [1.54, 1.807) is 6.07 Å². The lowest BCUT2D eigenvalue weighted by atomic mass is 10.2. The van der Waals surface area contributed by atoms with Crippen LogP contribution in [0.15, 0.2) is 36.7 Å². The second-order valence-corrected chi connectivity index (χ2v) is 4.15. The number of hydrogen-bond acceptors (Lipinski definition) is 3. The molecule has 6 heteroatoms. The minimum absolute atomic E-state index is 0.124. The van der Waals surface area contributed by atoms with Gasteiger partial charge in [-0.2, -0.15) is 0 Å². The second-order valence-electron chi connectivity index (χ2n) is 3.75. The fourth-order valence-electron chi connectivity index (χ4n) is 1.54. The van der Waals surface area contributed by atoms with Crippen molar-refractivity contribution in [1.29, 1.82) is 0 Å². The van der Waals surface area contributed by atoms with Gasteiger partial charge >= 0.3 is 0 Å². The Morgan fingerprint density at radius 2 is 2.21 bits per heavy atom. The van der Waals surface area contributed by atoms with Crippen molar-refractivity contribution in [2.24, 2.45) is 0 Å². The highest BCUT2D eigenvalue weighted by Crippen LogP contribution is 2.20. The molecule has 0 aliphatic rings. The molecular formula is C13H10ClFN2O2. The van der Waals surface area contributed by atoms with Gasteiger partial charge < -0.3 is 10.4 Å². The molecule has 0 unspecified atom stereocenters. The van der Waals surface area contributed by atoms with Crippen molar-refractivity contribution in [3.05, 3.63) is 58.6 Å². The van der Waals surface area contributed by atoms with Crippen LogP contribution < -0.4 is 5.32 Å². The van der Waals surface area contributed by atoms with E-state index in [1.165, 1.54) is 30.6 Å². The molecule has 0 saturated carbocycles. The topological polar surface area (TPSA) is 62.2 Å². The van der Waals surface area contributed by atoms with Crippen LogP contribution in [0.5, 0.6) is 0 Å². The van der Waals surface area contributed by atoms with Crippen LogP contribution >= 0.6 is 11.6 Å². The molecule has 19 heavy (non-hydrogen) atoms. The number of aliphatic hydroxyl groups excluding tert-OH is 1. The highest BCUT2D eigenvalue weighted by atomic mass is 35.5. The molecule has 98 valence electrons. The minimum atomic E-state index is -0.781. The lowest BCUT2D eigenvalue weighted by molar-refractivity contribution is 0.102. The predicted octanol–water partition coefficient (Wildman–Crippen LogP) is 2.62. The number of benzene rings is 1. The van der Waals surface area contributed by atoms with Gasteiger partial charge in [-0.25, -0.2) is 4.39 Å². The number of hydrogen-bond donors (Lipinski definition) is 2. The molecule has 1 aromatic heterocycles. The van der Waals surface area contributed by atoms with Gasteiger partial charge in [-0.3, -0.25) is 9.78 Å². The maximum atomic E-state index is 13.7. The SMILES string of the molecule is O=C(Nc1cnccc1CO)c1cccc(Cl)c1F. The molecule has 2 rings (SSSR count). The summed E-state index contributed by atoms with van der Waals surface area (Å²) >= 11 is 5.61. The lowest BCUT2D eigenvalue weighted by Gasteiger charge is -2.09. The van der Waals surface area contributed by atoms with Gasteiger partial charge in [-0.05, 0) is 18.2 Å². The van der Waals surface area contributed by atoms with Crippen molar-refractivity contribution in [1.82, 2.24) is 4.98 Å². The molecule has 2 N–H and O–H groups in total.